The molecule has 0 N–H and O–H groups in total. The molecule has 0 bridgehead atoms. The molecule has 0 aliphatic carbocycles. The molecule has 5 heteroatoms. The Balaban J connectivity index is 1.57. The SMILES string of the molecule is O=C(/C=C/c1cccc2c1OCO2)c1ccc2c(c1)OCCO2. The zero-order valence-electron chi connectivity index (χ0n) is 12.3. The fourth-order valence-electron chi connectivity index (χ4n) is 2.54. The fraction of sp³-hybridized carbons (Fsp3) is 0.167. The normalized spacial score (nSPS) is 15.0. The van der Waals surface area contributed by atoms with E-state index in [-0.39, 0.29) is 12.6 Å². The smallest absolute Gasteiger partial charge is 0.231 e. The molecule has 2 heterocycles. The van der Waals surface area contributed by atoms with Crippen LogP contribution in [0.2, 0.25) is 0 Å². The van der Waals surface area contributed by atoms with Crippen molar-refractivity contribution in [3.8, 4) is 23.0 Å². The van der Waals surface area contributed by atoms with Crippen LogP contribution in [0.5, 0.6) is 23.0 Å². The molecule has 4 rings (SSSR count). The summed E-state index contributed by atoms with van der Waals surface area (Å²) in [6.45, 7) is 1.23. The van der Waals surface area contributed by atoms with Gasteiger partial charge in [-0.2, -0.15) is 0 Å². The van der Waals surface area contributed by atoms with Gasteiger partial charge in [-0.05, 0) is 36.4 Å². The number of allylic oxidation sites excluding steroid dienone is 1. The van der Waals surface area contributed by atoms with Crippen LogP contribution in [0.4, 0.5) is 0 Å². The number of hydrogen-bond acceptors (Lipinski definition) is 5. The summed E-state index contributed by atoms with van der Waals surface area (Å²) >= 11 is 0. The second-order valence-electron chi connectivity index (χ2n) is 5.14. The van der Waals surface area contributed by atoms with Gasteiger partial charge in [-0.25, -0.2) is 0 Å². The van der Waals surface area contributed by atoms with Crippen molar-refractivity contribution in [1.29, 1.82) is 0 Å². The molecular formula is C18H14O5. The third kappa shape index (κ3) is 2.61. The molecule has 116 valence electrons. The number of ketones is 1. The Kier molecular flexibility index (Phi) is 3.38. The zero-order valence-corrected chi connectivity index (χ0v) is 12.3. The van der Waals surface area contributed by atoms with Gasteiger partial charge in [0.15, 0.2) is 28.8 Å². The summed E-state index contributed by atoms with van der Waals surface area (Å²) in [4.78, 5) is 12.3. The first kappa shape index (κ1) is 13.7. The van der Waals surface area contributed by atoms with Crippen LogP contribution in [0, 0.1) is 0 Å². The topological polar surface area (TPSA) is 54.0 Å². The van der Waals surface area contributed by atoms with E-state index < -0.39 is 0 Å². The third-order valence-corrected chi connectivity index (χ3v) is 3.67. The molecule has 2 aliphatic heterocycles. The van der Waals surface area contributed by atoms with E-state index in [1.807, 2.05) is 18.2 Å². The van der Waals surface area contributed by atoms with Crippen LogP contribution in [0.15, 0.2) is 42.5 Å². The lowest BCUT2D eigenvalue weighted by molar-refractivity contribution is 0.104. The average molecular weight is 310 g/mol. The maximum atomic E-state index is 12.3. The lowest BCUT2D eigenvalue weighted by Crippen LogP contribution is -2.15. The van der Waals surface area contributed by atoms with E-state index in [9.17, 15) is 4.79 Å². The van der Waals surface area contributed by atoms with Gasteiger partial charge in [0.05, 0.1) is 0 Å². The van der Waals surface area contributed by atoms with Crippen molar-refractivity contribution < 1.29 is 23.7 Å². The van der Waals surface area contributed by atoms with Crippen molar-refractivity contribution in [1.82, 2.24) is 0 Å². The molecule has 0 amide bonds. The predicted molar refractivity (Wildman–Crippen MR) is 83.4 cm³/mol. The highest BCUT2D eigenvalue weighted by atomic mass is 16.7. The molecule has 0 atom stereocenters. The van der Waals surface area contributed by atoms with Gasteiger partial charge < -0.3 is 18.9 Å². The average Bonchev–Trinajstić information content (AvgIpc) is 3.08. The summed E-state index contributed by atoms with van der Waals surface area (Å²) in [6.07, 6.45) is 3.25. The second kappa shape index (κ2) is 5.68. The van der Waals surface area contributed by atoms with Crippen molar-refractivity contribution in [2.24, 2.45) is 0 Å². The van der Waals surface area contributed by atoms with Crippen LogP contribution in [-0.4, -0.2) is 25.8 Å². The minimum absolute atomic E-state index is 0.113. The van der Waals surface area contributed by atoms with Gasteiger partial charge in [0.2, 0.25) is 6.79 Å². The van der Waals surface area contributed by atoms with E-state index >= 15 is 0 Å². The number of benzene rings is 2. The van der Waals surface area contributed by atoms with Crippen LogP contribution in [0.1, 0.15) is 15.9 Å². The summed E-state index contributed by atoms with van der Waals surface area (Å²) in [6, 6.07) is 10.8. The Morgan fingerprint density at radius 3 is 2.70 bits per heavy atom. The number of carbonyl (C=O) groups excluding carboxylic acids is 1. The summed E-state index contributed by atoms with van der Waals surface area (Å²) in [5.41, 5.74) is 1.36. The maximum absolute atomic E-state index is 12.3. The number of ether oxygens (including phenoxy) is 4. The van der Waals surface area contributed by atoms with Gasteiger partial charge in [0, 0.05) is 11.1 Å². The second-order valence-corrected chi connectivity index (χ2v) is 5.14. The Morgan fingerprint density at radius 1 is 0.913 bits per heavy atom. The van der Waals surface area contributed by atoms with Gasteiger partial charge in [-0.3, -0.25) is 4.79 Å². The van der Waals surface area contributed by atoms with Crippen LogP contribution in [0.3, 0.4) is 0 Å². The molecule has 0 radical (unpaired) electrons. The molecular weight excluding hydrogens is 296 g/mol. The number of carbonyl (C=O) groups is 1. The fourth-order valence-corrected chi connectivity index (χ4v) is 2.54. The Hall–Kier alpha value is -2.95. The quantitative estimate of drug-likeness (QED) is 0.644. The van der Waals surface area contributed by atoms with Crippen molar-refractivity contribution in [3.05, 3.63) is 53.6 Å². The van der Waals surface area contributed by atoms with Gasteiger partial charge in [0.1, 0.15) is 13.2 Å². The predicted octanol–water partition coefficient (Wildman–Crippen LogP) is 3.08. The maximum Gasteiger partial charge on any atom is 0.231 e. The minimum atomic E-state index is -0.113. The summed E-state index contributed by atoms with van der Waals surface area (Å²) in [5, 5.41) is 0. The van der Waals surface area contributed by atoms with E-state index in [0.29, 0.717) is 41.8 Å². The molecule has 0 saturated heterocycles. The molecule has 2 aliphatic rings. The van der Waals surface area contributed by atoms with Crippen LogP contribution in [-0.2, 0) is 0 Å². The number of fused-ring (bicyclic) bond motifs is 2. The highest BCUT2D eigenvalue weighted by Gasteiger charge is 2.16. The van der Waals surface area contributed by atoms with Gasteiger partial charge in [0.25, 0.3) is 0 Å². The lowest BCUT2D eigenvalue weighted by atomic mass is 10.1. The third-order valence-electron chi connectivity index (χ3n) is 3.67. The zero-order chi connectivity index (χ0) is 15.6. The summed E-state index contributed by atoms with van der Waals surface area (Å²) < 4.78 is 21.7. The van der Waals surface area contributed by atoms with Crippen LogP contribution >= 0.6 is 0 Å². The first-order valence-electron chi connectivity index (χ1n) is 7.32. The molecule has 23 heavy (non-hydrogen) atoms. The summed E-state index contributed by atoms with van der Waals surface area (Å²) in [7, 11) is 0. The van der Waals surface area contributed by atoms with Gasteiger partial charge >= 0.3 is 0 Å². The monoisotopic (exact) mass is 310 g/mol. The highest BCUT2D eigenvalue weighted by Crippen LogP contribution is 2.36. The van der Waals surface area contributed by atoms with Gasteiger partial charge in [-0.15, -0.1) is 0 Å². The minimum Gasteiger partial charge on any atom is -0.486 e. The van der Waals surface area contributed by atoms with E-state index in [1.165, 1.54) is 6.08 Å². The van der Waals surface area contributed by atoms with E-state index in [0.717, 1.165) is 5.56 Å². The Labute approximate surface area is 133 Å². The molecule has 0 unspecified atom stereocenters. The van der Waals surface area contributed by atoms with E-state index in [2.05, 4.69) is 0 Å². The van der Waals surface area contributed by atoms with E-state index in [1.54, 1.807) is 24.3 Å². The van der Waals surface area contributed by atoms with Gasteiger partial charge in [-0.1, -0.05) is 12.1 Å². The number of hydrogen-bond donors (Lipinski definition) is 0. The van der Waals surface area contributed by atoms with Crippen molar-refractivity contribution >= 4 is 11.9 Å². The first-order chi connectivity index (χ1) is 11.3. The van der Waals surface area contributed by atoms with Crippen molar-refractivity contribution in [3.63, 3.8) is 0 Å². The van der Waals surface area contributed by atoms with Crippen LogP contribution in [0.25, 0.3) is 6.08 Å². The lowest BCUT2D eigenvalue weighted by Gasteiger charge is -2.18. The van der Waals surface area contributed by atoms with Crippen molar-refractivity contribution in [2.45, 2.75) is 0 Å². The van der Waals surface area contributed by atoms with E-state index in [4.69, 9.17) is 18.9 Å². The molecule has 0 fully saturated rings. The van der Waals surface area contributed by atoms with Crippen molar-refractivity contribution in [2.75, 3.05) is 20.0 Å². The highest BCUT2D eigenvalue weighted by molar-refractivity contribution is 6.07. The largest absolute Gasteiger partial charge is 0.486 e. The van der Waals surface area contributed by atoms with Crippen LogP contribution < -0.4 is 18.9 Å². The molecule has 0 aromatic heterocycles. The molecule has 2 aromatic carbocycles. The Bertz CT molecular complexity index is 794. The molecule has 2 aromatic rings. The molecule has 5 nitrogen and oxygen atoms in total. The molecule has 0 spiro atoms. The molecule has 0 saturated carbocycles. The standard InChI is InChI=1S/C18H14O5/c19-14(13-5-7-15-17(10-13)21-9-8-20-15)6-4-12-2-1-3-16-18(12)23-11-22-16/h1-7,10H,8-9,11H2/b6-4+. The summed E-state index contributed by atoms with van der Waals surface area (Å²) in [5.74, 6) is 2.52. The Morgan fingerprint density at radius 2 is 1.78 bits per heavy atom. The number of para-hydroxylation sites is 1. The number of rotatable bonds is 3. The first-order valence-corrected chi connectivity index (χ1v) is 7.32.